The van der Waals surface area contributed by atoms with E-state index in [1.165, 1.54) is 13.2 Å². The van der Waals surface area contributed by atoms with Gasteiger partial charge in [0.2, 0.25) is 0 Å². The summed E-state index contributed by atoms with van der Waals surface area (Å²) in [5.41, 5.74) is 2.54. The molecular formula is C23H23FN2O4S. The number of aryl methyl sites for hydroxylation is 1. The highest BCUT2D eigenvalue weighted by atomic mass is 32.1. The highest BCUT2D eigenvalue weighted by molar-refractivity contribution is 7.80. The number of hydrogen-bond donors (Lipinski definition) is 1. The van der Waals surface area contributed by atoms with E-state index in [0.717, 1.165) is 0 Å². The highest BCUT2D eigenvalue weighted by Gasteiger charge is 2.37. The van der Waals surface area contributed by atoms with Crippen LogP contribution in [0.5, 0.6) is 0 Å². The predicted octanol–water partition coefficient (Wildman–Crippen LogP) is 4.19. The minimum Gasteiger partial charge on any atom is -0.465 e. The number of carbonyl (C=O) groups is 2. The Bertz CT molecular complexity index is 1080. The van der Waals surface area contributed by atoms with Crippen LogP contribution in [0.3, 0.4) is 0 Å². The summed E-state index contributed by atoms with van der Waals surface area (Å²) >= 11 is 5.57. The van der Waals surface area contributed by atoms with E-state index in [4.69, 9.17) is 21.7 Å². The van der Waals surface area contributed by atoms with E-state index in [-0.39, 0.29) is 23.1 Å². The molecule has 0 spiro atoms. The summed E-state index contributed by atoms with van der Waals surface area (Å²) in [5.74, 6) is -1.48. The molecule has 3 rings (SSSR count). The first-order valence-electron chi connectivity index (χ1n) is 9.72. The molecule has 0 fully saturated rings. The van der Waals surface area contributed by atoms with Gasteiger partial charge in [-0.05, 0) is 62.3 Å². The van der Waals surface area contributed by atoms with E-state index in [1.807, 2.05) is 0 Å². The molecule has 0 saturated heterocycles. The lowest BCUT2D eigenvalue weighted by molar-refractivity contribution is -0.139. The van der Waals surface area contributed by atoms with E-state index in [2.05, 4.69) is 5.32 Å². The van der Waals surface area contributed by atoms with Crippen molar-refractivity contribution >= 4 is 35.0 Å². The van der Waals surface area contributed by atoms with Gasteiger partial charge in [0.25, 0.3) is 0 Å². The van der Waals surface area contributed by atoms with Crippen LogP contribution in [-0.2, 0) is 14.3 Å². The van der Waals surface area contributed by atoms with Gasteiger partial charge in [0.05, 0.1) is 36.6 Å². The largest absolute Gasteiger partial charge is 0.465 e. The lowest BCUT2D eigenvalue weighted by Gasteiger charge is -2.38. The third-order valence-electron chi connectivity index (χ3n) is 5.07. The van der Waals surface area contributed by atoms with Gasteiger partial charge in [0.1, 0.15) is 5.82 Å². The summed E-state index contributed by atoms with van der Waals surface area (Å²) in [6.07, 6.45) is 0. The molecule has 0 saturated carbocycles. The lowest BCUT2D eigenvalue weighted by Crippen LogP contribution is -2.48. The van der Waals surface area contributed by atoms with Crippen molar-refractivity contribution in [3.05, 3.63) is 76.2 Å². The molecule has 31 heavy (non-hydrogen) atoms. The zero-order valence-corrected chi connectivity index (χ0v) is 18.5. The maximum atomic E-state index is 14.2. The lowest BCUT2D eigenvalue weighted by atomic mass is 9.91. The number of methoxy groups -OCH3 is 1. The standard InChI is InChI=1S/C23H23FN2O4S/c1-5-30-22(28)19-14(3)26(15-11-10-13(2)18(24)12-15)23(31)25-20(19)16-8-6-7-9-17(16)21(27)29-4/h6-12,20H,5H2,1-4H3,(H,25,31). The van der Waals surface area contributed by atoms with Gasteiger partial charge in [-0.3, -0.25) is 4.90 Å². The quantitative estimate of drug-likeness (QED) is 0.550. The topological polar surface area (TPSA) is 67.9 Å². The maximum absolute atomic E-state index is 14.2. The smallest absolute Gasteiger partial charge is 0.338 e. The SMILES string of the molecule is CCOC(=O)C1=C(C)N(c2ccc(C)c(F)c2)C(=S)NC1c1ccccc1C(=O)OC. The molecule has 0 aliphatic carbocycles. The molecule has 1 aliphatic heterocycles. The number of hydrogen-bond acceptors (Lipinski definition) is 5. The van der Waals surface area contributed by atoms with Crippen molar-refractivity contribution in [3.8, 4) is 0 Å². The number of nitrogens with zero attached hydrogens (tertiary/aromatic N) is 1. The fourth-order valence-corrected chi connectivity index (χ4v) is 3.89. The molecule has 0 radical (unpaired) electrons. The molecule has 0 aromatic heterocycles. The molecule has 1 heterocycles. The van der Waals surface area contributed by atoms with Gasteiger partial charge >= 0.3 is 11.9 Å². The second-order valence-corrected chi connectivity index (χ2v) is 7.34. The predicted molar refractivity (Wildman–Crippen MR) is 119 cm³/mol. The Kier molecular flexibility index (Phi) is 6.70. The minimum absolute atomic E-state index is 0.171. The summed E-state index contributed by atoms with van der Waals surface area (Å²) in [4.78, 5) is 26.9. The van der Waals surface area contributed by atoms with Crippen LogP contribution in [-0.4, -0.2) is 30.8 Å². The molecule has 162 valence electrons. The average molecular weight is 443 g/mol. The molecule has 0 amide bonds. The van der Waals surface area contributed by atoms with Crippen LogP contribution in [0.4, 0.5) is 10.1 Å². The summed E-state index contributed by atoms with van der Waals surface area (Å²) in [7, 11) is 1.29. The Hall–Kier alpha value is -3.26. The molecule has 2 aromatic carbocycles. The average Bonchev–Trinajstić information content (AvgIpc) is 2.75. The number of allylic oxidation sites excluding steroid dienone is 1. The van der Waals surface area contributed by atoms with Crippen molar-refractivity contribution in [2.75, 3.05) is 18.6 Å². The van der Waals surface area contributed by atoms with Gasteiger partial charge in [-0.25, -0.2) is 14.0 Å². The summed E-state index contributed by atoms with van der Waals surface area (Å²) in [6.45, 7) is 5.26. The van der Waals surface area contributed by atoms with E-state index < -0.39 is 18.0 Å². The van der Waals surface area contributed by atoms with Crippen molar-refractivity contribution in [2.24, 2.45) is 0 Å². The number of ether oxygens (including phenoxy) is 2. The molecule has 8 heteroatoms. The third kappa shape index (κ3) is 4.29. The second kappa shape index (κ2) is 9.26. The van der Waals surface area contributed by atoms with Crippen molar-refractivity contribution in [1.29, 1.82) is 0 Å². The van der Waals surface area contributed by atoms with Crippen LogP contribution in [0.1, 0.15) is 41.4 Å². The van der Waals surface area contributed by atoms with Gasteiger partial charge in [-0.2, -0.15) is 0 Å². The molecule has 1 unspecified atom stereocenters. The highest BCUT2D eigenvalue weighted by Crippen LogP contribution is 2.36. The Morgan fingerprint density at radius 3 is 2.52 bits per heavy atom. The zero-order chi connectivity index (χ0) is 22.7. The number of thiocarbonyl (C=S) groups is 1. The number of anilines is 1. The molecule has 0 bridgehead atoms. The third-order valence-corrected chi connectivity index (χ3v) is 5.37. The number of nitrogens with one attached hydrogen (secondary N) is 1. The van der Waals surface area contributed by atoms with Crippen LogP contribution in [0, 0.1) is 12.7 Å². The van der Waals surface area contributed by atoms with Crippen LogP contribution >= 0.6 is 12.2 Å². The number of benzene rings is 2. The van der Waals surface area contributed by atoms with E-state index in [9.17, 15) is 14.0 Å². The summed E-state index contributed by atoms with van der Waals surface area (Å²) < 4.78 is 24.4. The first-order valence-corrected chi connectivity index (χ1v) is 10.1. The van der Waals surface area contributed by atoms with Gasteiger partial charge in [-0.1, -0.05) is 24.3 Å². The molecular weight excluding hydrogens is 419 g/mol. The minimum atomic E-state index is -0.742. The fraction of sp³-hybridized carbons (Fsp3) is 0.261. The first kappa shape index (κ1) is 22.4. The van der Waals surface area contributed by atoms with Crippen molar-refractivity contribution in [3.63, 3.8) is 0 Å². The van der Waals surface area contributed by atoms with Crippen molar-refractivity contribution < 1.29 is 23.5 Å². The van der Waals surface area contributed by atoms with E-state index in [0.29, 0.717) is 28.1 Å². The monoisotopic (exact) mass is 442 g/mol. The van der Waals surface area contributed by atoms with Crippen molar-refractivity contribution in [2.45, 2.75) is 26.8 Å². The van der Waals surface area contributed by atoms with Crippen LogP contribution in [0.2, 0.25) is 0 Å². The molecule has 6 nitrogen and oxygen atoms in total. The Balaban J connectivity index is 2.20. The zero-order valence-electron chi connectivity index (χ0n) is 17.7. The van der Waals surface area contributed by atoms with Gasteiger partial charge < -0.3 is 14.8 Å². The van der Waals surface area contributed by atoms with Crippen LogP contribution in [0.15, 0.2) is 53.7 Å². The van der Waals surface area contributed by atoms with E-state index in [1.54, 1.807) is 62.1 Å². The molecule has 1 N–H and O–H groups in total. The van der Waals surface area contributed by atoms with Crippen LogP contribution in [0.25, 0.3) is 0 Å². The molecule has 1 aliphatic rings. The van der Waals surface area contributed by atoms with Gasteiger partial charge in [-0.15, -0.1) is 0 Å². The summed E-state index contributed by atoms with van der Waals surface area (Å²) in [5, 5.41) is 3.39. The first-order chi connectivity index (χ1) is 14.8. The second-order valence-electron chi connectivity index (χ2n) is 6.95. The van der Waals surface area contributed by atoms with Crippen LogP contribution < -0.4 is 10.2 Å². The van der Waals surface area contributed by atoms with Gasteiger partial charge in [0, 0.05) is 5.70 Å². The molecule has 1 atom stereocenters. The normalized spacial score (nSPS) is 16.1. The molecule has 2 aromatic rings. The Morgan fingerprint density at radius 1 is 1.16 bits per heavy atom. The number of halogens is 1. The number of carbonyl (C=O) groups excluding carboxylic acids is 2. The number of esters is 2. The maximum Gasteiger partial charge on any atom is 0.338 e. The fourth-order valence-electron chi connectivity index (χ4n) is 3.53. The van der Waals surface area contributed by atoms with Crippen molar-refractivity contribution in [1.82, 2.24) is 5.32 Å². The summed E-state index contributed by atoms with van der Waals surface area (Å²) in [6, 6.07) is 10.8. The Labute approximate surface area is 185 Å². The van der Waals surface area contributed by atoms with E-state index >= 15 is 0 Å². The Morgan fingerprint density at radius 2 is 1.87 bits per heavy atom. The van der Waals surface area contributed by atoms with Gasteiger partial charge in [0.15, 0.2) is 5.11 Å². The number of rotatable bonds is 5.